The molecule has 1 N–H and O–H groups in total. The predicted octanol–water partition coefficient (Wildman–Crippen LogP) is -0.0411. The first kappa shape index (κ1) is 9.79. The number of nitrogens with one attached hydrogen (secondary N) is 1. The van der Waals surface area contributed by atoms with Crippen molar-refractivity contribution in [1.29, 1.82) is 0 Å². The van der Waals surface area contributed by atoms with Crippen LogP contribution in [0.25, 0.3) is 0 Å². The maximum Gasteiger partial charge on any atom is 0.225 e. The molecule has 1 aromatic heterocycles. The second-order valence-electron chi connectivity index (χ2n) is 5.42. The molecule has 0 radical (unpaired) electrons. The summed E-state index contributed by atoms with van der Waals surface area (Å²) in [5.41, 5.74) is 2.90. The van der Waals surface area contributed by atoms with E-state index in [0.717, 1.165) is 51.8 Å². The number of ether oxygens (including phenoxy) is 1. The van der Waals surface area contributed by atoms with Gasteiger partial charge in [-0.05, 0) is 18.5 Å². The van der Waals surface area contributed by atoms with Crippen LogP contribution in [-0.4, -0.2) is 42.8 Å². The number of fused-ring (bicyclic) bond motifs is 1. The average molecular weight is 232 g/mol. The summed E-state index contributed by atoms with van der Waals surface area (Å²) in [7, 11) is 0. The number of hydrogen-bond acceptors (Lipinski definition) is 5. The van der Waals surface area contributed by atoms with Gasteiger partial charge in [-0.1, -0.05) is 0 Å². The van der Waals surface area contributed by atoms with Gasteiger partial charge in [0, 0.05) is 25.8 Å². The smallest absolute Gasteiger partial charge is 0.225 e. The number of hydrogen-bond donors (Lipinski definition) is 1. The first-order chi connectivity index (χ1) is 8.35. The highest BCUT2D eigenvalue weighted by atomic mass is 16.5. The Bertz CT molecular complexity index is 450. The van der Waals surface area contributed by atoms with Crippen molar-refractivity contribution >= 4 is 5.95 Å². The van der Waals surface area contributed by atoms with E-state index < -0.39 is 0 Å². The van der Waals surface area contributed by atoms with Gasteiger partial charge in [0.2, 0.25) is 5.95 Å². The van der Waals surface area contributed by atoms with Crippen LogP contribution in [0, 0.1) is 5.41 Å². The van der Waals surface area contributed by atoms with Gasteiger partial charge in [-0.25, -0.2) is 9.97 Å². The molecule has 0 atom stereocenters. The molecule has 0 unspecified atom stereocenters. The summed E-state index contributed by atoms with van der Waals surface area (Å²) in [4.78, 5) is 11.4. The van der Waals surface area contributed by atoms with E-state index >= 15 is 0 Å². The largest absolute Gasteiger partial charge is 0.380 e. The van der Waals surface area contributed by atoms with E-state index in [1.54, 1.807) is 0 Å². The lowest BCUT2D eigenvalue weighted by Crippen LogP contribution is -2.66. The summed E-state index contributed by atoms with van der Waals surface area (Å²) >= 11 is 0. The van der Waals surface area contributed by atoms with Crippen molar-refractivity contribution in [1.82, 2.24) is 15.3 Å². The molecule has 0 saturated carbocycles. The second kappa shape index (κ2) is 3.40. The van der Waals surface area contributed by atoms with Gasteiger partial charge < -0.3 is 15.0 Å². The fourth-order valence-electron chi connectivity index (χ4n) is 2.85. The van der Waals surface area contributed by atoms with E-state index in [-0.39, 0.29) is 0 Å². The number of anilines is 1. The summed E-state index contributed by atoms with van der Waals surface area (Å²) in [6, 6.07) is 0. The lowest BCUT2D eigenvalue weighted by Gasteiger charge is -2.54. The van der Waals surface area contributed by atoms with E-state index in [2.05, 4.69) is 20.2 Å². The van der Waals surface area contributed by atoms with Crippen LogP contribution >= 0.6 is 0 Å². The molecular formula is C12H16N4O. The summed E-state index contributed by atoms with van der Waals surface area (Å²) < 4.78 is 5.28. The first-order valence-corrected chi connectivity index (χ1v) is 6.23. The van der Waals surface area contributed by atoms with E-state index in [1.807, 2.05) is 6.20 Å². The Morgan fingerprint density at radius 2 is 2.24 bits per heavy atom. The molecular weight excluding hydrogens is 216 g/mol. The van der Waals surface area contributed by atoms with Gasteiger partial charge in [0.15, 0.2) is 0 Å². The monoisotopic (exact) mass is 232 g/mol. The molecule has 2 fully saturated rings. The molecule has 17 heavy (non-hydrogen) atoms. The highest BCUT2D eigenvalue weighted by Crippen LogP contribution is 2.39. The van der Waals surface area contributed by atoms with Crippen molar-refractivity contribution in [3.8, 4) is 0 Å². The first-order valence-electron chi connectivity index (χ1n) is 6.23. The molecule has 1 aromatic rings. The van der Waals surface area contributed by atoms with Crippen molar-refractivity contribution in [2.75, 3.05) is 37.7 Å². The van der Waals surface area contributed by atoms with Crippen LogP contribution in [0.15, 0.2) is 6.20 Å². The molecule has 0 bridgehead atoms. The number of aromatic nitrogens is 2. The third kappa shape index (κ3) is 1.46. The van der Waals surface area contributed by atoms with Crippen LogP contribution in [0.1, 0.15) is 11.3 Å². The zero-order valence-corrected chi connectivity index (χ0v) is 9.78. The van der Waals surface area contributed by atoms with Gasteiger partial charge in [0.05, 0.1) is 24.3 Å². The molecule has 5 heteroatoms. The fourth-order valence-corrected chi connectivity index (χ4v) is 2.85. The van der Waals surface area contributed by atoms with Gasteiger partial charge >= 0.3 is 0 Å². The average Bonchev–Trinajstić information content (AvgIpc) is 2.25. The maximum atomic E-state index is 5.28. The van der Waals surface area contributed by atoms with E-state index in [4.69, 9.17) is 4.74 Å². The Balaban J connectivity index is 1.54. The van der Waals surface area contributed by atoms with Gasteiger partial charge in [0.25, 0.3) is 0 Å². The molecule has 0 aliphatic carbocycles. The molecule has 5 nitrogen and oxygen atoms in total. The van der Waals surface area contributed by atoms with Gasteiger partial charge in [-0.15, -0.1) is 0 Å². The molecule has 4 rings (SSSR count). The molecule has 2 saturated heterocycles. The Morgan fingerprint density at radius 3 is 3.00 bits per heavy atom. The van der Waals surface area contributed by atoms with E-state index in [1.165, 1.54) is 11.3 Å². The van der Waals surface area contributed by atoms with Crippen LogP contribution in [0.5, 0.6) is 0 Å². The Labute approximate surface area is 100 Å². The highest BCUT2D eigenvalue weighted by Gasteiger charge is 2.49. The lowest BCUT2D eigenvalue weighted by molar-refractivity contribution is -0.127. The molecule has 90 valence electrons. The van der Waals surface area contributed by atoms with Crippen molar-refractivity contribution in [3.05, 3.63) is 17.5 Å². The summed E-state index contributed by atoms with van der Waals surface area (Å²) in [5.74, 6) is 0.893. The topological polar surface area (TPSA) is 50.3 Å². The molecule has 1 spiro atoms. The predicted molar refractivity (Wildman–Crippen MR) is 62.9 cm³/mol. The number of rotatable bonds is 1. The minimum atomic E-state index is 0.428. The summed E-state index contributed by atoms with van der Waals surface area (Å²) in [6.45, 7) is 5.86. The Kier molecular flexibility index (Phi) is 1.96. The number of nitrogens with zero attached hydrogens (tertiary/aromatic N) is 3. The Morgan fingerprint density at radius 1 is 1.35 bits per heavy atom. The molecule has 0 amide bonds. The summed E-state index contributed by atoms with van der Waals surface area (Å²) in [6.07, 6.45) is 3.05. The summed E-state index contributed by atoms with van der Waals surface area (Å²) in [5, 5.41) is 3.35. The van der Waals surface area contributed by atoms with E-state index in [0.29, 0.717) is 5.41 Å². The van der Waals surface area contributed by atoms with Crippen LogP contribution in [0.2, 0.25) is 0 Å². The minimum Gasteiger partial charge on any atom is -0.380 e. The quantitative estimate of drug-likeness (QED) is 0.736. The molecule has 0 aromatic carbocycles. The fraction of sp³-hybridized carbons (Fsp3) is 0.667. The van der Waals surface area contributed by atoms with Crippen LogP contribution in [-0.2, 0) is 17.7 Å². The van der Waals surface area contributed by atoms with Gasteiger partial charge in [-0.2, -0.15) is 0 Å². The normalized spacial score (nSPS) is 25.1. The van der Waals surface area contributed by atoms with Crippen molar-refractivity contribution in [2.24, 2.45) is 5.41 Å². The van der Waals surface area contributed by atoms with Crippen molar-refractivity contribution in [3.63, 3.8) is 0 Å². The third-order valence-corrected chi connectivity index (χ3v) is 3.96. The van der Waals surface area contributed by atoms with E-state index in [9.17, 15) is 0 Å². The van der Waals surface area contributed by atoms with Crippen LogP contribution < -0.4 is 10.2 Å². The highest BCUT2D eigenvalue weighted by molar-refractivity contribution is 5.39. The van der Waals surface area contributed by atoms with Gasteiger partial charge in [-0.3, -0.25) is 0 Å². The molecule has 4 heterocycles. The molecule has 3 aliphatic heterocycles. The minimum absolute atomic E-state index is 0.428. The maximum absolute atomic E-state index is 5.28. The van der Waals surface area contributed by atoms with Gasteiger partial charge in [0.1, 0.15) is 0 Å². The zero-order valence-electron chi connectivity index (χ0n) is 9.78. The zero-order chi connectivity index (χ0) is 11.3. The Hall–Kier alpha value is -1.20. The second-order valence-corrected chi connectivity index (χ2v) is 5.42. The van der Waals surface area contributed by atoms with Crippen molar-refractivity contribution in [2.45, 2.75) is 13.0 Å². The van der Waals surface area contributed by atoms with Crippen LogP contribution in [0.3, 0.4) is 0 Å². The van der Waals surface area contributed by atoms with Crippen LogP contribution in [0.4, 0.5) is 5.95 Å². The SMILES string of the molecule is c1nc(N2CC3(COC3)C2)nc2c1CCNC2. The third-order valence-electron chi connectivity index (χ3n) is 3.96. The lowest BCUT2D eigenvalue weighted by atomic mass is 9.78. The standard InChI is InChI=1S/C12H16N4O/c1-2-13-4-10-9(1)3-14-11(15-10)16-5-12(6-16)7-17-8-12/h3,13H,1-2,4-8H2. The van der Waals surface area contributed by atoms with Crippen molar-refractivity contribution < 1.29 is 4.74 Å². The molecule has 3 aliphatic rings.